The lowest BCUT2D eigenvalue weighted by Crippen LogP contribution is -2.43. The van der Waals surface area contributed by atoms with Gasteiger partial charge in [0.25, 0.3) is 5.91 Å². The van der Waals surface area contributed by atoms with Crippen molar-refractivity contribution in [3.8, 4) is 5.75 Å². The van der Waals surface area contributed by atoms with Crippen LogP contribution in [-0.2, 0) is 6.42 Å². The summed E-state index contributed by atoms with van der Waals surface area (Å²) in [5.41, 5.74) is 1.34. The first-order valence-electron chi connectivity index (χ1n) is 8.79. The maximum absolute atomic E-state index is 12.7. The first kappa shape index (κ1) is 17.3. The number of nitrogens with zero attached hydrogens (tertiary/aromatic N) is 2. The molecule has 1 aromatic carbocycles. The normalized spacial score (nSPS) is 16.6. The molecule has 2 heterocycles. The zero-order valence-corrected chi connectivity index (χ0v) is 14.8. The number of hydrogen-bond acceptors (Lipinski definition) is 3. The first-order valence-corrected chi connectivity index (χ1v) is 8.79. The number of pyridine rings is 1. The Morgan fingerprint density at radius 2 is 1.92 bits per heavy atom. The van der Waals surface area contributed by atoms with Gasteiger partial charge in [-0.05, 0) is 18.4 Å². The molecule has 0 spiro atoms. The van der Waals surface area contributed by atoms with Gasteiger partial charge >= 0.3 is 0 Å². The van der Waals surface area contributed by atoms with Gasteiger partial charge in [-0.25, -0.2) is 0 Å². The molecule has 0 radical (unpaired) electrons. The van der Waals surface area contributed by atoms with Crippen LogP contribution in [0.15, 0.2) is 47.4 Å². The summed E-state index contributed by atoms with van der Waals surface area (Å²) < 4.78 is 7.63. The van der Waals surface area contributed by atoms with E-state index in [0.29, 0.717) is 18.8 Å². The summed E-state index contributed by atoms with van der Waals surface area (Å²) in [7, 11) is 1.77. The van der Waals surface area contributed by atoms with Crippen molar-refractivity contribution < 1.29 is 9.53 Å². The molecule has 0 unspecified atom stereocenters. The fraction of sp³-hybridized carbons (Fsp3) is 0.400. The fourth-order valence-corrected chi connectivity index (χ4v) is 3.22. The molecule has 0 saturated carbocycles. The third-order valence-corrected chi connectivity index (χ3v) is 4.57. The SMILES string of the molecule is CCCCOc1c2n(ccc1=O)[C@@H](Cc1ccccc1)CN(C)C2=O. The highest BCUT2D eigenvalue weighted by molar-refractivity contribution is 5.95. The van der Waals surface area contributed by atoms with E-state index in [0.717, 1.165) is 19.3 Å². The van der Waals surface area contributed by atoms with Crippen LogP contribution in [-0.4, -0.2) is 35.6 Å². The van der Waals surface area contributed by atoms with E-state index in [9.17, 15) is 9.59 Å². The maximum atomic E-state index is 12.7. The maximum Gasteiger partial charge on any atom is 0.274 e. The summed E-state index contributed by atoms with van der Waals surface area (Å²) in [6, 6.07) is 11.8. The Hall–Kier alpha value is -2.56. The van der Waals surface area contributed by atoms with E-state index >= 15 is 0 Å². The van der Waals surface area contributed by atoms with Gasteiger partial charge in [-0.2, -0.15) is 0 Å². The van der Waals surface area contributed by atoms with Crippen LogP contribution in [0.1, 0.15) is 41.9 Å². The molecule has 2 aromatic rings. The van der Waals surface area contributed by atoms with Crippen molar-refractivity contribution in [2.24, 2.45) is 0 Å². The molecule has 0 fully saturated rings. The van der Waals surface area contributed by atoms with E-state index < -0.39 is 0 Å². The Morgan fingerprint density at radius 1 is 1.16 bits per heavy atom. The number of benzene rings is 1. The van der Waals surface area contributed by atoms with Crippen LogP contribution >= 0.6 is 0 Å². The average molecular weight is 340 g/mol. The van der Waals surface area contributed by atoms with Gasteiger partial charge < -0.3 is 14.2 Å². The van der Waals surface area contributed by atoms with Crippen molar-refractivity contribution in [1.82, 2.24) is 9.47 Å². The highest BCUT2D eigenvalue weighted by Gasteiger charge is 2.32. The third kappa shape index (κ3) is 3.60. The van der Waals surface area contributed by atoms with E-state index in [1.165, 1.54) is 11.6 Å². The summed E-state index contributed by atoms with van der Waals surface area (Å²) in [5, 5.41) is 0. The standard InChI is InChI=1S/C20H24N2O3/c1-3-4-12-25-19-17(23)10-11-22-16(13-15-8-6-5-7-9-15)14-21(2)20(24)18(19)22/h5-11,16H,3-4,12-14H2,1-2H3/t16-/m0/s1. The minimum absolute atomic E-state index is 0.0780. The van der Waals surface area contributed by atoms with Crippen molar-refractivity contribution in [3.63, 3.8) is 0 Å². The van der Waals surface area contributed by atoms with E-state index in [1.54, 1.807) is 18.1 Å². The average Bonchev–Trinajstić information content (AvgIpc) is 2.62. The van der Waals surface area contributed by atoms with Gasteiger partial charge in [0.2, 0.25) is 5.43 Å². The smallest absolute Gasteiger partial charge is 0.274 e. The number of fused-ring (bicyclic) bond motifs is 1. The Labute approximate surface area is 147 Å². The van der Waals surface area contributed by atoms with Gasteiger partial charge in [0, 0.05) is 25.9 Å². The minimum Gasteiger partial charge on any atom is -0.487 e. The topological polar surface area (TPSA) is 51.5 Å². The zero-order valence-electron chi connectivity index (χ0n) is 14.8. The number of hydrogen-bond donors (Lipinski definition) is 0. The van der Waals surface area contributed by atoms with Gasteiger partial charge in [-0.3, -0.25) is 9.59 Å². The van der Waals surface area contributed by atoms with Gasteiger partial charge in [0.05, 0.1) is 12.6 Å². The lowest BCUT2D eigenvalue weighted by molar-refractivity contribution is 0.0706. The predicted molar refractivity (Wildman–Crippen MR) is 97.2 cm³/mol. The van der Waals surface area contributed by atoms with Crippen molar-refractivity contribution in [2.45, 2.75) is 32.2 Å². The molecule has 0 bridgehead atoms. The summed E-state index contributed by atoms with van der Waals surface area (Å²) in [4.78, 5) is 26.7. The molecule has 1 atom stereocenters. The summed E-state index contributed by atoms with van der Waals surface area (Å²) in [5.74, 6) is 0.0269. The molecule has 0 aliphatic carbocycles. The molecule has 1 amide bonds. The number of amides is 1. The molecule has 1 aromatic heterocycles. The highest BCUT2D eigenvalue weighted by Crippen LogP contribution is 2.27. The van der Waals surface area contributed by atoms with Gasteiger partial charge in [0.1, 0.15) is 0 Å². The second kappa shape index (κ2) is 7.55. The quantitative estimate of drug-likeness (QED) is 0.760. The Kier molecular flexibility index (Phi) is 5.22. The minimum atomic E-state index is -0.232. The molecule has 5 heteroatoms. The number of ether oxygens (including phenoxy) is 1. The number of likely N-dealkylation sites (N-methyl/N-ethyl adjacent to an activating group) is 1. The van der Waals surface area contributed by atoms with Crippen LogP contribution in [0.4, 0.5) is 0 Å². The highest BCUT2D eigenvalue weighted by atomic mass is 16.5. The number of carbonyl (C=O) groups excluding carboxylic acids is 1. The van der Waals surface area contributed by atoms with E-state index in [1.807, 2.05) is 22.8 Å². The lowest BCUT2D eigenvalue weighted by atomic mass is 10.0. The summed E-state index contributed by atoms with van der Waals surface area (Å²) in [6.07, 6.45) is 4.34. The van der Waals surface area contributed by atoms with E-state index in [2.05, 4.69) is 19.1 Å². The van der Waals surface area contributed by atoms with Crippen molar-refractivity contribution in [1.29, 1.82) is 0 Å². The second-order valence-corrected chi connectivity index (χ2v) is 6.50. The molecule has 0 saturated heterocycles. The van der Waals surface area contributed by atoms with Gasteiger partial charge in [-0.15, -0.1) is 0 Å². The number of rotatable bonds is 6. The molecule has 1 aliphatic rings. The molecule has 3 rings (SSSR count). The Bertz CT molecular complexity index is 798. The monoisotopic (exact) mass is 340 g/mol. The molecule has 0 N–H and O–H groups in total. The molecular formula is C20H24N2O3. The van der Waals surface area contributed by atoms with Crippen LogP contribution in [0.5, 0.6) is 5.75 Å². The molecule has 132 valence electrons. The van der Waals surface area contributed by atoms with E-state index in [4.69, 9.17) is 4.74 Å². The van der Waals surface area contributed by atoms with Crippen molar-refractivity contribution in [2.75, 3.05) is 20.2 Å². The molecular weight excluding hydrogens is 316 g/mol. The van der Waals surface area contributed by atoms with Crippen LogP contribution in [0.2, 0.25) is 0 Å². The Balaban J connectivity index is 1.99. The Morgan fingerprint density at radius 3 is 2.64 bits per heavy atom. The number of unbranched alkanes of at least 4 members (excludes halogenated alkanes) is 1. The lowest BCUT2D eigenvalue weighted by Gasteiger charge is -2.34. The van der Waals surface area contributed by atoms with Crippen LogP contribution in [0.25, 0.3) is 0 Å². The van der Waals surface area contributed by atoms with Crippen molar-refractivity contribution in [3.05, 3.63) is 64.1 Å². The molecule has 5 nitrogen and oxygen atoms in total. The number of carbonyl (C=O) groups is 1. The van der Waals surface area contributed by atoms with Crippen LogP contribution < -0.4 is 10.2 Å². The first-order chi connectivity index (χ1) is 12.1. The summed E-state index contributed by atoms with van der Waals surface area (Å²) >= 11 is 0. The molecule has 1 aliphatic heterocycles. The number of aromatic nitrogens is 1. The van der Waals surface area contributed by atoms with Crippen LogP contribution in [0.3, 0.4) is 0 Å². The summed E-state index contributed by atoms with van der Waals surface area (Å²) in [6.45, 7) is 3.12. The second-order valence-electron chi connectivity index (χ2n) is 6.50. The predicted octanol–water partition coefficient (Wildman–Crippen LogP) is 2.90. The van der Waals surface area contributed by atoms with Crippen LogP contribution in [0, 0.1) is 0 Å². The molecule has 25 heavy (non-hydrogen) atoms. The zero-order chi connectivity index (χ0) is 17.8. The largest absolute Gasteiger partial charge is 0.487 e. The third-order valence-electron chi connectivity index (χ3n) is 4.57. The van der Waals surface area contributed by atoms with Crippen molar-refractivity contribution >= 4 is 5.91 Å². The van der Waals surface area contributed by atoms with Gasteiger partial charge in [0.15, 0.2) is 11.4 Å². The fourth-order valence-electron chi connectivity index (χ4n) is 3.22. The van der Waals surface area contributed by atoms with Gasteiger partial charge in [-0.1, -0.05) is 43.7 Å². The van der Waals surface area contributed by atoms with E-state index in [-0.39, 0.29) is 23.1 Å².